The lowest BCUT2D eigenvalue weighted by molar-refractivity contribution is 0.397. The lowest BCUT2D eigenvalue weighted by Crippen LogP contribution is -1.99. The van der Waals surface area contributed by atoms with Crippen LogP contribution in [-0.2, 0) is 0 Å². The fraction of sp³-hybridized carbons (Fsp3) is 0.200. The average molecular weight is 468 g/mol. The Bertz CT molecular complexity index is 619. The maximum atomic E-state index is 6.61. The molecule has 0 spiro atoms. The lowest BCUT2D eigenvalue weighted by atomic mass is 10.0. The second-order valence-electron chi connectivity index (χ2n) is 4.15. The predicted octanol–water partition coefficient (Wildman–Crippen LogP) is 5.40. The summed E-state index contributed by atoms with van der Waals surface area (Å²) in [6, 6.07) is 11.9. The molecule has 2 aromatic rings. The summed E-state index contributed by atoms with van der Waals surface area (Å²) in [6.07, 6.45) is 0. The summed E-state index contributed by atoms with van der Waals surface area (Å²) in [5, 5.41) is -0.290. The maximum absolute atomic E-state index is 6.61. The molecule has 1 atom stereocenters. The van der Waals surface area contributed by atoms with Crippen molar-refractivity contribution in [1.29, 1.82) is 0 Å². The third kappa shape index (κ3) is 3.40. The van der Waals surface area contributed by atoms with Crippen LogP contribution in [-0.4, -0.2) is 14.2 Å². The first kappa shape index (κ1) is 15.9. The fourth-order valence-corrected chi connectivity index (χ4v) is 3.28. The van der Waals surface area contributed by atoms with Gasteiger partial charge in [0, 0.05) is 9.13 Å². The van der Waals surface area contributed by atoms with Crippen molar-refractivity contribution in [2.24, 2.45) is 0 Å². The minimum absolute atomic E-state index is 0.290. The number of alkyl halides is 1. The Morgan fingerprint density at radius 3 is 2.40 bits per heavy atom. The highest BCUT2D eigenvalue weighted by Gasteiger charge is 2.18. The molecule has 2 aromatic carbocycles. The molecule has 0 aliphatic heterocycles. The minimum atomic E-state index is -0.290. The molecule has 0 saturated heterocycles. The van der Waals surface area contributed by atoms with E-state index < -0.39 is 0 Å². The molecule has 0 N–H and O–H groups in total. The van der Waals surface area contributed by atoms with Crippen LogP contribution in [0.15, 0.2) is 40.9 Å². The van der Waals surface area contributed by atoms with Gasteiger partial charge < -0.3 is 9.47 Å². The summed E-state index contributed by atoms with van der Waals surface area (Å²) < 4.78 is 12.7. The van der Waals surface area contributed by atoms with Crippen molar-refractivity contribution in [3.05, 3.63) is 55.6 Å². The van der Waals surface area contributed by atoms with Gasteiger partial charge in [-0.1, -0.05) is 12.1 Å². The van der Waals surface area contributed by atoms with Gasteiger partial charge in [0.1, 0.15) is 11.5 Å². The molecule has 106 valence electrons. The van der Waals surface area contributed by atoms with Gasteiger partial charge in [0.05, 0.1) is 24.1 Å². The molecule has 20 heavy (non-hydrogen) atoms. The quantitative estimate of drug-likeness (QED) is 0.443. The minimum Gasteiger partial charge on any atom is -0.496 e. The Morgan fingerprint density at radius 2 is 1.80 bits per heavy atom. The molecular formula is C15H13BrClIO2. The molecule has 0 saturated carbocycles. The van der Waals surface area contributed by atoms with E-state index in [1.165, 1.54) is 0 Å². The van der Waals surface area contributed by atoms with Gasteiger partial charge in [-0.05, 0) is 68.3 Å². The summed E-state index contributed by atoms with van der Waals surface area (Å²) in [5.74, 6) is 1.47. The molecule has 0 heterocycles. The lowest BCUT2D eigenvalue weighted by Gasteiger charge is -2.17. The van der Waals surface area contributed by atoms with E-state index in [9.17, 15) is 0 Å². The fourth-order valence-electron chi connectivity index (χ4n) is 1.93. The van der Waals surface area contributed by atoms with Crippen LogP contribution in [0, 0.1) is 3.57 Å². The van der Waals surface area contributed by atoms with E-state index in [1.54, 1.807) is 14.2 Å². The van der Waals surface area contributed by atoms with Gasteiger partial charge in [0.15, 0.2) is 0 Å². The molecular weight excluding hydrogens is 454 g/mol. The van der Waals surface area contributed by atoms with Crippen LogP contribution in [0.5, 0.6) is 11.5 Å². The molecule has 0 aromatic heterocycles. The van der Waals surface area contributed by atoms with Gasteiger partial charge in [-0.3, -0.25) is 0 Å². The van der Waals surface area contributed by atoms with Crippen LogP contribution >= 0.6 is 50.1 Å². The smallest absolute Gasteiger partial charge is 0.133 e. The number of rotatable bonds is 4. The van der Waals surface area contributed by atoms with Gasteiger partial charge in [-0.2, -0.15) is 0 Å². The molecule has 0 aliphatic rings. The zero-order valence-electron chi connectivity index (χ0n) is 11.0. The summed E-state index contributed by atoms with van der Waals surface area (Å²) in [5.41, 5.74) is 1.91. The van der Waals surface area contributed by atoms with Gasteiger partial charge >= 0.3 is 0 Å². The molecule has 5 heteroatoms. The SMILES string of the molecule is COc1cc(C(Cl)c2cccc(I)c2)c(OC)cc1Br. The van der Waals surface area contributed by atoms with Crippen LogP contribution in [0.2, 0.25) is 0 Å². The van der Waals surface area contributed by atoms with Crippen LogP contribution in [0.4, 0.5) is 0 Å². The summed E-state index contributed by atoms with van der Waals surface area (Å²) in [6.45, 7) is 0. The van der Waals surface area contributed by atoms with Gasteiger partial charge in [-0.25, -0.2) is 0 Å². The highest BCUT2D eigenvalue weighted by atomic mass is 127. The van der Waals surface area contributed by atoms with E-state index in [-0.39, 0.29) is 5.38 Å². The monoisotopic (exact) mass is 466 g/mol. The first-order valence-corrected chi connectivity index (χ1v) is 8.18. The van der Waals surface area contributed by atoms with Crippen molar-refractivity contribution in [3.63, 3.8) is 0 Å². The summed E-state index contributed by atoms with van der Waals surface area (Å²) >= 11 is 12.3. The average Bonchev–Trinajstić information content (AvgIpc) is 2.46. The highest BCUT2D eigenvalue weighted by Crippen LogP contribution is 2.40. The summed E-state index contributed by atoms with van der Waals surface area (Å²) in [7, 11) is 3.27. The second kappa shape index (κ2) is 7.00. The Labute approximate surface area is 145 Å². The molecule has 2 nitrogen and oxygen atoms in total. The normalized spacial score (nSPS) is 12.1. The van der Waals surface area contributed by atoms with E-state index in [2.05, 4.69) is 44.6 Å². The number of benzene rings is 2. The number of hydrogen-bond acceptors (Lipinski definition) is 2. The largest absolute Gasteiger partial charge is 0.496 e. The molecule has 1 unspecified atom stereocenters. The molecule has 0 radical (unpaired) electrons. The summed E-state index contributed by atoms with van der Waals surface area (Å²) in [4.78, 5) is 0. The van der Waals surface area contributed by atoms with Crippen molar-refractivity contribution in [2.45, 2.75) is 5.38 Å². The Hall–Kier alpha value is -0.460. The number of methoxy groups -OCH3 is 2. The Balaban J connectivity index is 2.50. The van der Waals surface area contributed by atoms with Gasteiger partial charge in [0.25, 0.3) is 0 Å². The zero-order chi connectivity index (χ0) is 14.7. The Kier molecular flexibility index (Phi) is 5.57. The van der Waals surface area contributed by atoms with Crippen molar-refractivity contribution in [2.75, 3.05) is 14.2 Å². The number of hydrogen-bond donors (Lipinski definition) is 0. The molecule has 0 bridgehead atoms. The highest BCUT2D eigenvalue weighted by molar-refractivity contribution is 14.1. The number of ether oxygens (including phenoxy) is 2. The van der Waals surface area contributed by atoms with Crippen molar-refractivity contribution < 1.29 is 9.47 Å². The van der Waals surface area contributed by atoms with Crippen LogP contribution in [0.3, 0.4) is 0 Å². The Morgan fingerprint density at radius 1 is 1.10 bits per heavy atom. The third-order valence-electron chi connectivity index (χ3n) is 2.92. The topological polar surface area (TPSA) is 18.5 Å². The van der Waals surface area contributed by atoms with Gasteiger partial charge in [0.2, 0.25) is 0 Å². The first-order valence-electron chi connectivity index (χ1n) is 5.87. The van der Waals surface area contributed by atoms with Crippen molar-refractivity contribution >= 4 is 50.1 Å². The predicted molar refractivity (Wildman–Crippen MR) is 94.1 cm³/mol. The van der Waals surface area contributed by atoms with E-state index in [0.717, 1.165) is 30.7 Å². The standard InChI is InChI=1S/C15H13BrClIO2/c1-19-13-8-12(16)14(20-2)7-11(13)15(17)9-4-3-5-10(18)6-9/h3-8,15H,1-2H3. The van der Waals surface area contributed by atoms with Crippen molar-refractivity contribution in [3.8, 4) is 11.5 Å². The number of halogens is 3. The van der Waals surface area contributed by atoms with Crippen LogP contribution < -0.4 is 9.47 Å². The van der Waals surface area contributed by atoms with E-state index in [4.69, 9.17) is 21.1 Å². The van der Waals surface area contributed by atoms with Crippen molar-refractivity contribution in [1.82, 2.24) is 0 Å². The van der Waals surface area contributed by atoms with Gasteiger partial charge in [-0.15, -0.1) is 11.6 Å². The van der Waals surface area contributed by atoms with E-state index >= 15 is 0 Å². The second-order valence-corrected chi connectivity index (χ2v) is 6.68. The van der Waals surface area contributed by atoms with E-state index in [1.807, 2.05) is 30.3 Å². The van der Waals surface area contributed by atoms with E-state index in [0.29, 0.717) is 0 Å². The van der Waals surface area contributed by atoms with Crippen LogP contribution in [0.1, 0.15) is 16.5 Å². The van der Waals surface area contributed by atoms with Crippen LogP contribution in [0.25, 0.3) is 0 Å². The molecule has 2 rings (SSSR count). The third-order valence-corrected chi connectivity index (χ3v) is 4.70. The first-order chi connectivity index (χ1) is 9.56. The molecule has 0 amide bonds. The molecule has 0 aliphatic carbocycles. The molecule has 0 fully saturated rings. The maximum Gasteiger partial charge on any atom is 0.133 e. The zero-order valence-corrected chi connectivity index (χ0v) is 15.5.